The molecule has 8 nitrogen and oxygen atoms in total. The van der Waals surface area contributed by atoms with Gasteiger partial charge in [-0.25, -0.2) is 12.8 Å². The first-order valence-corrected chi connectivity index (χ1v) is 17.2. The molecule has 248 valence electrons. The third kappa shape index (κ3) is 9.42. The first-order valence-electron chi connectivity index (χ1n) is 15.7. The average Bonchev–Trinajstić information content (AvgIpc) is 3.07. The van der Waals surface area contributed by atoms with E-state index in [1.54, 1.807) is 24.3 Å². The fourth-order valence-corrected chi connectivity index (χ4v) is 6.44. The van der Waals surface area contributed by atoms with Crippen LogP contribution in [-0.4, -0.2) is 50.4 Å². The molecule has 2 amide bonds. The number of hydrogen-bond acceptors (Lipinski definition) is 5. The molecular formula is C37H42FN3O5S. The summed E-state index contributed by atoms with van der Waals surface area (Å²) in [7, 11) is -4.35. The lowest BCUT2D eigenvalue weighted by Crippen LogP contribution is -2.54. The summed E-state index contributed by atoms with van der Waals surface area (Å²) in [6.45, 7) is 7.53. The van der Waals surface area contributed by atoms with Crippen molar-refractivity contribution >= 4 is 27.5 Å². The number of aryl methyl sites for hydroxylation is 1. The van der Waals surface area contributed by atoms with Crippen LogP contribution in [0.3, 0.4) is 0 Å². The van der Waals surface area contributed by atoms with E-state index in [4.69, 9.17) is 4.74 Å². The molecule has 0 saturated heterocycles. The SMILES string of the molecule is CCOc1ccc(N(CC(=O)N(Cc2ccc(C)cc2)C(Cc2ccccc2)C(=O)NC(C)CC)S(=O)(=O)c2ccc(F)cc2)cc1. The van der Waals surface area contributed by atoms with E-state index in [9.17, 15) is 22.4 Å². The Morgan fingerprint density at radius 1 is 0.851 bits per heavy atom. The van der Waals surface area contributed by atoms with E-state index in [0.717, 1.165) is 33.1 Å². The Kier molecular flexibility index (Phi) is 12.1. The number of ether oxygens (including phenoxy) is 1. The molecule has 0 fully saturated rings. The van der Waals surface area contributed by atoms with E-state index in [2.05, 4.69) is 5.32 Å². The maximum Gasteiger partial charge on any atom is 0.264 e. The van der Waals surface area contributed by atoms with Gasteiger partial charge in [-0.3, -0.25) is 13.9 Å². The van der Waals surface area contributed by atoms with Crippen LogP contribution in [0.15, 0.2) is 108 Å². The molecule has 0 aliphatic rings. The average molecular weight is 660 g/mol. The van der Waals surface area contributed by atoms with Crippen molar-refractivity contribution in [2.75, 3.05) is 17.5 Å². The highest BCUT2D eigenvalue weighted by atomic mass is 32.2. The molecule has 0 aromatic heterocycles. The molecule has 0 radical (unpaired) electrons. The van der Waals surface area contributed by atoms with Crippen molar-refractivity contribution in [3.8, 4) is 5.75 Å². The molecule has 0 heterocycles. The highest BCUT2D eigenvalue weighted by molar-refractivity contribution is 7.92. The van der Waals surface area contributed by atoms with Gasteiger partial charge in [0, 0.05) is 19.0 Å². The van der Waals surface area contributed by atoms with Crippen molar-refractivity contribution in [1.29, 1.82) is 0 Å². The predicted molar refractivity (Wildman–Crippen MR) is 182 cm³/mol. The summed E-state index contributed by atoms with van der Waals surface area (Å²) in [5.74, 6) is -0.969. The highest BCUT2D eigenvalue weighted by Crippen LogP contribution is 2.27. The molecule has 4 rings (SSSR count). The van der Waals surface area contributed by atoms with E-state index in [-0.39, 0.29) is 35.5 Å². The summed E-state index contributed by atoms with van der Waals surface area (Å²) < 4.78 is 48.6. The van der Waals surface area contributed by atoms with Gasteiger partial charge < -0.3 is 15.0 Å². The fourth-order valence-electron chi connectivity index (χ4n) is 5.02. The summed E-state index contributed by atoms with van der Waals surface area (Å²) in [6.07, 6.45) is 0.908. The summed E-state index contributed by atoms with van der Waals surface area (Å²) in [6, 6.07) is 26.7. The molecule has 2 unspecified atom stereocenters. The van der Waals surface area contributed by atoms with Crippen LogP contribution in [0, 0.1) is 12.7 Å². The van der Waals surface area contributed by atoms with Gasteiger partial charge in [-0.05, 0) is 86.8 Å². The molecule has 1 N–H and O–H groups in total. The Hall–Kier alpha value is -4.70. The normalized spacial score (nSPS) is 12.5. The van der Waals surface area contributed by atoms with Crippen molar-refractivity contribution in [3.05, 3.63) is 126 Å². The number of nitrogens with one attached hydrogen (secondary N) is 1. The van der Waals surface area contributed by atoms with Crippen LogP contribution >= 0.6 is 0 Å². The molecule has 2 atom stereocenters. The highest BCUT2D eigenvalue weighted by Gasteiger charge is 2.35. The monoisotopic (exact) mass is 659 g/mol. The molecule has 0 aliphatic carbocycles. The van der Waals surface area contributed by atoms with E-state index in [1.165, 1.54) is 17.0 Å². The summed E-state index contributed by atoms with van der Waals surface area (Å²) in [4.78, 5) is 29.7. The Labute approximate surface area is 277 Å². The number of anilines is 1. The summed E-state index contributed by atoms with van der Waals surface area (Å²) in [5, 5.41) is 3.03. The molecule has 0 bridgehead atoms. The predicted octanol–water partition coefficient (Wildman–Crippen LogP) is 6.28. The third-order valence-electron chi connectivity index (χ3n) is 7.86. The van der Waals surface area contributed by atoms with Crippen LogP contribution in [0.5, 0.6) is 5.75 Å². The number of amides is 2. The lowest BCUT2D eigenvalue weighted by atomic mass is 10.0. The molecule has 10 heteroatoms. The van der Waals surface area contributed by atoms with Crippen LogP contribution < -0.4 is 14.4 Å². The minimum atomic E-state index is -4.35. The number of benzene rings is 4. The Morgan fingerprint density at radius 3 is 2.09 bits per heavy atom. The molecular weight excluding hydrogens is 617 g/mol. The zero-order valence-electron chi connectivity index (χ0n) is 27.2. The van der Waals surface area contributed by atoms with Gasteiger partial charge in [-0.15, -0.1) is 0 Å². The number of nitrogens with zero attached hydrogens (tertiary/aromatic N) is 2. The minimum absolute atomic E-state index is 0.0677. The zero-order valence-corrected chi connectivity index (χ0v) is 28.0. The second kappa shape index (κ2) is 16.2. The number of carbonyl (C=O) groups is 2. The summed E-state index contributed by atoms with van der Waals surface area (Å²) in [5.41, 5.74) is 2.88. The van der Waals surface area contributed by atoms with Gasteiger partial charge in [0.05, 0.1) is 17.2 Å². The van der Waals surface area contributed by atoms with Crippen LogP contribution in [0.1, 0.15) is 43.9 Å². The van der Waals surface area contributed by atoms with Gasteiger partial charge in [-0.1, -0.05) is 67.1 Å². The number of rotatable bonds is 15. The van der Waals surface area contributed by atoms with E-state index >= 15 is 0 Å². The topological polar surface area (TPSA) is 96.0 Å². The van der Waals surface area contributed by atoms with E-state index in [0.29, 0.717) is 18.8 Å². The molecule has 4 aromatic carbocycles. The zero-order chi connectivity index (χ0) is 34.0. The maximum atomic E-state index is 14.5. The Balaban J connectivity index is 1.80. The Morgan fingerprint density at radius 2 is 1.49 bits per heavy atom. The first kappa shape index (κ1) is 35.2. The number of sulfonamides is 1. The van der Waals surface area contributed by atoms with Crippen molar-refractivity contribution in [3.63, 3.8) is 0 Å². The molecule has 0 saturated carbocycles. The summed E-state index contributed by atoms with van der Waals surface area (Å²) >= 11 is 0. The van der Waals surface area contributed by atoms with Gasteiger partial charge in [-0.2, -0.15) is 0 Å². The molecule has 0 spiro atoms. The van der Waals surface area contributed by atoms with E-state index in [1.807, 2.05) is 82.3 Å². The van der Waals surface area contributed by atoms with Crippen molar-refractivity contribution in [2.45, 2.75) is 64.1 Å². The van der Waals surface area contributed by atoms with Gasteiger partial charge in [0.25, 0.3) is 10.0 Å². The standard InChI is InChI=1S/C37H42FN3O5S/c1-5-28(4)39-37(43)35(24-29-10-8-7-9-11-29)40(25-30-14-12-27(3)13-15-30)36(42)26-41(32-18-20-33(21-19-32)46-6-2)47(44,45)34-22-16-31(38)17-23-34/h7-23,28,35H,5-6,24-26H2,1-4H3,(H,39,43). The van der Waals surface area contributed by atoms with Gasteiger partial charge in [0.1, 0.15) is 24.2 Å². The first-order chi connectivity index (χ1) is 22.5. The largest absolute Gasteiger partial charge is 0.494 e. The van der Waals surface area contributed by atoms with Crippen molar-refractivity contribution < 1.29 is 27.1 Å². The van der Waals surface area contributed by atoms with Crippen LogP contribution in [-0.2, 0) is 32.6 Å². The van der Waals surface area contributed by atoms with E-state index < -0.39 is 34.3 Å². The van der Waals surface area contributed by atoms with Gasteiger partial charge >= 0.3 is 0 Å². The third-order valence-corrected chi connectivity index (χ3v) is 9.65. The molecule has 0 aliphatic heterocycles. The van der Waals surface area contributed by atoms with Gasteiger partial charge in [0.2, 0.25) is 11.8 Å². The van der Waals surface area contributed by atoms with Gasteiger partial charge in [0.15, 0.2) is 0 Å². The lowest BCUT2D eigenvalue weighted by molar-refractivity contribution is -0.140. The Bertz CT molecular complexity index is 1720. The van der Waals surface area contributed by atoms with Crippen molar-refractivity contribution in [1.82, 2.24) is 10.2 Å². The van der Waals surface area contributed by atoms with Crippen molar-refractivity contribution in [2.24, 2.45) is 0 Å². The van der Waals surface area contributed by atoms with Crippen LogP contribution in [0.25, 0.3) is 0 Å². The second-order valence-corrected chi connectivity index (χ2v) is 13.3. The van der Waals surface area contributed by atoms with Crippen LogP contribution in [0.2, 0.25) is 0 Å². The lowest BCUT2D eigenvalue weighted by Gasteiger charge is -2.34. The number of hydrogen-bond donors (Lipinski definition) is 1. The quantitative estimate of drug-likeness (QED) is 0.162. The maximum absolute atomic E-state index is 14.5. The second-order valence-electron chi connectivity index (χ2n) is 11.4. The fraction of sp³-hybridized carbons (Fsp3) is 0.297. The number of carbonyl (C=O) groups excluding carboxylic acids is 2. The van der Waals surface area contributed by atoms with Crippen LogP contribution in [0.4, 0.5) is 10.1 Å². The minimum Gasteiger partial charge on any atom is -0.494 e. The smallest absolute Gasteiger partial charge is 0.264 e. The molecule has 4 aromatic rings. The number of halogens is 1. The molecule has 47 heavy (non-hydrogen) atoms.